The van der Waals surface area contributed by atoms with Crippen molar-refractivity contribution < 1.29 is 0 Å². The van der Waals surface area contributed by atoms with Crippen molar-refractivity contribution in [2.24, 2.45) is 0 Å². The largest absolute Gasteiger partial charge is 0.300 e. The van der Waals surface area contributed by atoms with Crippen molar-refractivity contribution >= 4 is 12.4 Å². The second kappa shape index (κ2) is 15.0. The predicted molar refractivity (Wildman–Crippen MR) is 77.6 cm³/mol. The molecular formula is C14H30ClN. The lowest BCUT2D eigenvalue weighted by atomic mass is 10.2. The minimum Gasteiger partial charge on any atom is -0.300 e. The fourth-order valence-electron chi connectivity index (χ4n) is 1.72. The zero-order chi connectivity index (χ0) is 11.4. The van der Waals surface area contributed by atoms with Crippen LogP contribution in [0.1, 0.15) is 59.3 Å². The van der Waals surface area contributed by atoms with Gasteiger partial charge in [0.05, 0.1) is 0 Å². The van der Waals surface area contributed by atoms with Gasteiger partial charge in [0.1, 0.15) is 0 Å². The fraction of sp³-hybridized carbons (Fsp3) is 0.857. The van der Waals surface area contributed by atoms with Gasteiger partial charge in [-0.2, -0.15) is 0 Å². The Hall–Kier alpha value is -0.0100. The Morgan fingerprint density at radius 2 is 1.38 bits per heavy atom. The third kappa shape index (κ3) is 12.1. The van der Waals surface area contributed by atoms with E-state index in [2.05, 4.69) is 37.8 Å². The van der Waals surface area contributed by atoms with Crippen LogP contribution in [0.25, 0.3) is 0 Å². The highest BCUT2D eigenvalue weighted by Gasteiger charge is 2.01. The minimum absolute atomic E-state index is 0. The van der Waals surface area contributed by atoms with E-state index in [9.17, 15) is 0 Å². The van der Waals surface area contributed by atoms with E-state index in [1.807, 2.05) is 0 Å². The van der Waals surface area contributed by atoms with Gasteiger partial charge in [-0.05, 0) is 32.9 Å². The molecule has 98 valence electrons. The number of halogens is 1. The average Bonchev–Trinajstić information content (AvgIpc) is 2.25. The molecule has 0 atom stereocenters. The smallest absolute Gasteiger partial charge is 0.0163 e. The first-order valence-corrected chi connectivity index (χ1v) is 6.68. The first-order chi connectivity index (χ1) is 7.35. The number of hydrogen-bond donors (Lipinski definition) is 0. The van der Waals surface area contributed by atoms with Gasteiger partial charge in [-0.1, -0.05) is 51.7 Å². The molecule has 1 nitrogen and oxygen atoms in total. The average molecular weight is 248 g/mol. The van der Waals surface area contributed by atoms with E-state index in [0.717, 1.165) is 6.54 Å². The Bertz CT molecular complexity index is 136. The molecule has 0 amide bonds. The molecule has 0 aliphatic carbocycles. The van der Waals surface area contributed by atoms with Crippen LogP contribution >= 0.6 is 12.4 Å². The summed E-state index contributed by atoms with van der Waals surface area (Å²) in [6.45, 7) is 10.4. The van der Waals surface area contributed by atoms with Gasteiger partial charge < -0.3 is 0 Å². The highest BCUT2D eigenvalue weighted by molar-refractivity contribution is 5.85. The van der Waals surface area contributed by atoms with Crippen LogP contribution in [0, 0.1) is 0 Å². The Kier molecular flexibility index (Phi) is 17.2. The molecule has 16 heavy (non-hydrogen) atoms. The summed E-state index contributed by atoms with van der Waals surface area (Å²) < 4.78 is 0. The molecule has 0 fully saturated rings. The zero-order valence-corrected chi connectivity index (χ0v) is 12.2. The molecule has 0 rings (SSSR count). The second-order valence-electron chi connectivity index (χ2n) is 4.28. The van der Waals surface area contributed by atoms with Gasteiger partial charge in [-0.25, -0.2) is 0 Å². The molecule has 0 bridgehead atoms. The lowest BCUT2D eigenvalue weighted by molar-refractivity contribution is 0.288. The van der Waals surface area contributed by atoms with Crippen molar-refractivity contribution in [2.75, 3.05) is 19.6 Å². The molecule has 0 radical (unpaired) electrons. The summed E-state index contributed by atoms with van der Waals surface area (Å²) >= 11 is 0. The van der Waals surface area contributed by atoms with Crippen LogP contribution in [0.15, 0.2) is 12.2 Å². The Labute approximate surface area is 109 Å². The van der Waals surface area contributed by atoms with E-state index in [0.29, 0.717) is 0 Å². The van der Waals surface area contributed by atoms with Crippen molar-refractivity contribution in [2.45, 2.75) is 59.3 Å². The highest BCUT2D eigenvalue weighted by atomic mass is 35.5. The second-order valence-corrected chi connectivity index (χ2v) is 4.28. The lowest BCUT2D eigenvalue weighted by Crippen LogP contribution is -2.26. The van der Waals surface area contributed by atoms with E-state index in [-0.39, 0.29) is 12.4 Å². The molecule has 0 aliphatic heterocycles. The number of rotatable bonds is 10. The van der Waals surface area contributed by atoms with Crippen LogP contribution in [0.5, 0.6) is 0 Å². The van der Waals surface area contributed by atoms with Crippen molar-refractivity contribution in [1.82, 2.24) is 4.90 Å². The molecular weight excluding hydrogens is 218 g/mol. The minimum atomic E-state index is 0. The molecule has 0 aromatic rings. The summed E-state index contributed by atoms with van der Waals surface area (Å²) in [5.41, 5.74) is 0. The summed E-state index contributed by atoms with van der Waals surface area (Å²) in [7, 11) is 0. The van der Waals surface area contributed by atoms with Crippen LogP contribution in [0.3, 0.4) is 0 Å². The SMILES string of the molecule is C/C=C/CN(CCCCC)CCCCC.Cl. The van der Waals surface area contributed by atoms with Crippen molar-refractivity contribution in [3.63, 3.8) is 0 Å². The molecule has 0 heterocycles. The van der Waals surface area contributed by atoms with E-state index in [1.165, 1.54) is 51.6 Å². The maximum atomic E-state index is 2.59. The van der Waals surface area contributed by atoms with Gasteiger partial charge in [0.2, 0.25) is 0 Å². The first kappa shape index (κ1) is 18.4. The van der Waals surface area contributed by atoms with E-state index >= 15 is 0 Å². The molecule has 0 aliphatic rings. The summed E-state index contributed by atoms with van der Waals surface area (Å²) in [5.74, 6) is 0. The Morgan fingerprint density at radius 1 is 0.875 bits per heavy atom. The quantitative estimate of drug-likeness (QED) is 0.401. The first-order valence-electron chi connectivity index (χ1n) is 6.68. The van der Waals surface area contributed by atoms with Gasteiger partial charge in [0.15, 0.2) is 0 Å². The molecule has 0 saturated carbocycles. The van der Waals surface area contributed by atoms with Gasteiger partial charge in [-0.3, -0.25) is 4.90 Å². The molecule has 0 unspecified atom stereocenters. The topological polar surface area (TPSA) is 3.24 Å². The highest BCUT2D eigenvalue weighted by Crippen LogP contribution is 2.02. The third-order valence-electron chi connectivity index (χ3n) is 2.76. The van der Waals surface area contributed by atoms with E-state index in [1.54, 1.807) is 0 Å². The summed E-state index contributed by atoms with van der Waals surface area (Å²) in [5, 5.41) is 0. The third-order valence-corrected chi connectivity index (χ3v) is 2.76. The molecule has 0 spiro atoms. The molecule has 0 aromatic heterocycles. The lowest BCUT2D eigenvalue weighted by Gasteiger charge is -2.20. The Balaban J connectivity index is 0. The van der Waals surface area contributed by atoms with Gasteiger partial charge in [0, 0.05) is 6.54 Å². The van der Waals surface area contributed by atoms with E-state index < -0.39 is 0 Å². The zero-order valence-electron chi connectivity index (χ0n) is 11.4. The fourth-order valence-corrected chi connectivity index (χ4v) is 1.72. The number of hydrogen-bond acceptors (Lipinski definition) is 1. The van der Waals surface area contributed by atoms with Crippen molar-refractivity contribution in [1.29, 1.82) is 0 Å². The normalized spacial score (nSPS) is 11.0. The molecule has 0 saturated heterocycles. The van der Waals surface area contributed by atoms with Gasteiger partial charge in [0.25, 0.3) is 0 Å². The number of allylic oxidation sites excluding steroid dienone is 1. The van der Waals surface area contributed by atoms with Crippen LogP contribution in [0.2, 0.25) is 0 Å². The molecule has 0 N–H and O–H groups in total. The van der Waals surface area contributed by atoms with Crippen molar-refractivity contribution in [3.05, 3.63) is 12.2 Å². The van der Waals surface area contributed by atoms with Crippen LogP contribution < -0.4 is 0 Å². The van der Waals surface area contributed by atoms with Gasteiger partial charge in [-0.15, -0.1) is 12.4 Å². The Morgan fingerprint density at radius 3 is 1.75 bits per heavy atom. The standard InChI is InChI=1S/C14H29N.ClH/c1-4-7-10-13-15(12-9-6-3)14-11-8-5-2;/h6,9H,4-5,7-8,10-14H2,1-3H3;1H/b9-6+;. The summed E-state index contributed by atoms with van der Waals surface area (Å²) in [6.07, 6.45) is 12.6. The van der Waals surface area contributed by atoms with Crippen molar-refractivity contribution in [3.8, 4) is 0 Å². The maximum absolute atomic E-state index is 2.59. The van der Waals surface area contributed by atoms with Crippen LogP contribution in [-0.2, 0) is 0 Å². The van der Waals surface area contributed by atoms with Crippen LogP contribution in [-0.4, -0.2) is 24.5 Å². The predicted octanol–water partition coefficient (Wildman–Crippen LogP) is 4.67. The number of nitrogens with zero attached hydrogens (tertiary/aromatic N) is 1. The van der Waals surface area contributed by atoms with Gasteiger partial charge >= 0.3 is 0 Å². The summed E-state index contributed by atoms with van der Waals surface area (Å²) in [4.78, 5) is 2.59. The maximum Gasteiger partial charge on any atom is 0.0163 e. The molecule has 0 aromatic carbocycles. The van der Waals surface area contributed by atoms with E-state index in [4.69, 9.17) is 0 Å². The number of unbranched alkanes of at least 4 members (excludes halogenated alkanes) is 4. The monoisotopic (exact) mass is 247 g/mol. The summed E-state index contributed by atoms with van der Waals surface area (Å²) in [6, 6.07) is 0. The van der Waals surface area contributed by atoms with Crippen LogP contribution in [0.4, 0.5) is 0 Å². The molecule has 2 heteroatoms.